The first kappa shape index (κ1) is 13.4. The summed E-state index contributed by atoms with van der Waals surface area (Å²) in [4.78, 5) is 0. The van der Waals surface area contributed by atoms with E-state index in [0.29, 0.717) is 22.7 Å². The molecule has 0 spiro atoms. The van der Waals surface area contributed by atoms with Crippen molar-refractivity contribution < 1.29 is 9.50 Å². The molecule has 3 rings (SSSR count). The van der Waals surface area contributed by atoms with E-state index in [4.69, 9.17) is 17.3 Å². The predicted octanol–water partition coefficient (Wildman–Crippen LogP) is 3.44. The molecule has 0 amide bonds. The molecule has 2 nitrogen and oxygen atoms in total. The van der Waals surface area contributed by atoms with Gasteiger partial charge in [0.1, 0.15) is 5.82 Å². The molecular weight excluding hydrogens is 277 g/mol. The van der Waals surface area contributed by atoms with Crippen molar-refractivity contribution in [3.8, 4) is 0 Å². The quantitative estimate of drug-likeness (QED) is 0.833. The van der Waals surface area contributed by atoms with Crippen LogP contribution in [0.4, 0.5) is 10.1 Å². The summed E-state index contributed by atoms with van der Waals surface area (Å²) in [5, 5.41) is 11.3. The summed E-state index contributed by atoms with van der Waals surface area (Å²) in [6, 6.07) is 9.89. The molecule has 2 aromatic carbocycles. The summed E-state index contributed by atoms with van der Waals surface area (Å²) in [5.74, 6) is -0.341. The first-order valence-electron chi connectivity index (χ1n) is 6.53. The van der Waals surface area contributed by atoms with Crippen LogP contribution in [-0.4, -0.2) is 5.11 Å². The Morgan fingerprint density at radius 1 is 1.25 bits per heavy atom. The van der Waals surface area contributed by atoms with E-state index >= 15 is 0 Å². The zero-order valence-electron chi connectivity index (χ0n) is 10.9. The number of anilines is 1. The lowest BCUT2D eigenvalue weighted by molar-refractivity contribution is 0.0381. The Morgan fingerprint density at radius 3 is 2.85 bits per heavy atom. The highest BCUT2D eigenvalue weighted by atomic mass is 35.5. The number of hydrogen-bond acceptors (Lipinski definition) is 2. The molecule has 1 aliphatic carbocycles. The number of halogens is 2. The summed E-state index contributed by atoms with van der Waals surface area (Å²) >= 11 is 5.90. The number of rotatable bonds is 2. The average molecular weight is 292 g/mol. The Hall–Kier alpha value is -1.58. The van der Waals surface area contributed by atoms with Crippen molar-refractivity contribution in [1.82, 2.24) is 0 Å². The van der Waals surface area contributed by atoms with Crippen LogP contribution in [0.2, 0.25) is 5.02 Å². The van der Waals surface area contributed by atoms with Crippen LogP contribution in [0, 0.1) is 5.82 Å². The topological polar surface area (TPSA) is 46.2 Å². The standard InChI is InChI=1S/C16H15ClFNO/c17-12-1-4-15(18)11(7-12)9-16(20)6-5-10-8-13(19)2-3-14(10)16/h1-4,7-8,20H,5-6,9,19H2. The van der Waals surface area contributed by atoms with E-state index < -0.39 is 5.60 Å². The largest absolute Gasteiger partial charge is 0.399 e. The van der Waals surface area contributed by atoms with Gasteiger partial charge in [-0.05, 0) is 59.9 Å². The molecule has 0 radical (unpaired) electrons. The van der Waals surface area contributed by atoms with Gasteiger partial charge in [-0.2, -0.15) is 0 Å². The van der Waals surface area contributed by atoms with Crippen LogP contribution in [0.3, 0.4) is 0 Å². The molecule has 2 aromatic rings. The monoisotopic (exact) mass is 291 g/mol. The maximum atomic E-state index is 13.8. The Morgan fingerprint density at radius 2 is 2.05 bits per heavy atom. The molecule has 1 aliphatic rings. The highest BCUT2D eigenvalue weighted by Gasteiger charge is 2.37. The summed E-state index contributed by atoms with van der Waals surface area (Å²) in [5.41, 5.74) is 7.70. The second-order valence-electron chi connectivity index (χ2n) is 5.36. The van der Waals surface area contributed by atoms with Crippen molar-refractivity contribution in [2.24, 2.45) is 0 Å². The van der Waals surface area contributed by atoms with Gasteiger partial charge < -0.3 is 10.8 Å². The second kappa shape index (κ2) is 4.76. The van der Waals surface area contributed by atoms with Gasteiger partial charge in [0.25, 0.3) is 0 Å². The minimum Gasteiger partial charge on any atom is -0.399 e. The fourth-order valence-corrected chi connectivity index (χ4v) is 3.12. The van der Waals surface area contributed by atoms with E-state index in [1.165, 1.54) is 12.1 Å². The molecule has 104 valence electrons. The molecule has 1 atom stereocenters. The molecule has 0 fully saturated rings. The molecular formula is C16H15ClFNO. The SMILES string of the molecule is Nc1ccc2c(c1)CCC2(O)Cc1cc(Cl)ccc1F. The molecule has 0 saturated heterocycles. The second-order valence-corrected chi connectivity index (χ2v) is 5.80. The zero-order chi connectivity index (χ0) is 14.3. The number of hydrogen-bond donors (Lipinski definition) is 2. The first-order chi connectivity index (χ1) is 9.48. The molecule has 0 bridgehead atoms. The van der Waals surface area contributed by atoms with Gasteiger partial charge in [-0.25, -0.2) is 4.39 Å². The third kappa shape index (κ3) is 2.28. The maximum Gasteiger partial charge on any atom is 0.126 e. The van der Waals surface area contributed by atoms with Crippen molar-refractivity contribution in [3.05, 3.63) is 63.9 Å². The van der Waals surface area contributed by atoms with Gasteiger partial charge in [-0.15, -0.1) is 0 Å². The van der Waals surface area contributed by atoms with Gasteiger partial charge in [-0.3, -0.25) is 0 Å². The van der Waals surface area contributed by atoms with Gasteiger partial charge in [0.05, 0.1) is 5.60 Å². The van der Waals surface area contributed by atoms with Crippen LogP contribution in [0.5, 0.6) is 0 Å². The van der Waals surface area contributed by atoms with Gasteiger partial charge in [-0.1, -0.05) is 17.7 Å². The van der Waals surface area contributed by atoms with Crippen molar-refractivity contribution in [2.45, 2.75) is 24.9 Å². The number of fused-ring (bicyclic) bond motifs is 1. The summed E-state index contributed by atoms with van der Waals surface area (Å²) < 4.78 is 13.8. The minimum atomic E-state index is -1.05. The smallest absolute Gasteiger partial charge is 0.126 e. The normalized spacial score (nSPS) is 20.9. The lowest BCUT2D eigenvalue weighted by Gasteiger charge is -2.24. The van der Waals surface area contributed by atoms with Crippen molar-refractivity contribution in [3.63, 3.8) is 0 Å². The zero-order valence-corrected chi connectivity index (χ0v) is 11.6. The van der Waals surface area contributed by atoms with Crippen molar-refractivity contribution in [2.75, 3.05) is 5.73 Å². The lowest BCUT2D eigenvalue weighted by Crippen LogP contribution is -2.25. The third-order valence-corrected chi connectivity index (χ3v) is 4.16. The van der Waals surface area contributed by atoms with Crippen molar-refractivity contribution in [1.29, 1.82) is 0 Å². The lowest BCUT2D eigenvalue weighted by atomic mass is 9.88. The number of nitrogen functional groups attached to an aromatic ring is 1. The molecule has 4 heteroatoms. The van der Waals surface area contributed by atoms with Gasteiger partial charge >= 0.3 is 0 Å². The number of benzene rings is 2. The Balaban J connectivity index is 1.98. The molecule has 20 heavy (non-hydrogen) atoms. The van der Waals surface area contributed by atoms with Crippen molar-refractivity contribution >= 4 is 17.3 Å². The van der Waals surface area contributed by atoms with Crippen LogP contribution in [0.25, 0.3) is 0 Å². The number of aliphatic hydroxyl groups is 1. The van der Waals surface area contributed by atoms with E-state index in [0.717, 1.165) is 17.5 Å². The third-order valence-electron chi connectivity index (χ3n) is 3.93. The van der Waals surface area contributed by atoms with Gasteiger partial charge in [0, 0.05) is 17.1 Å². The van der Waals surface area contributed by atoms with E-state index in [2.05, 4.69) is 0 Å². The molecule has 0 saturated carbocycles. The van der Waals surface area contributed by atoms with Crippen LogP contribution in [0.1, 0.15) is 23.1 Å². The van der Waals surface area contributed by atoms with Crippen LogP contribution in [-0.2, 0) is 18.4 Å². The molecule has 0 aliphatic heterocycles. The van der Waals surface area contributed by atoms with E-state index in [1.807, 2.05) is 12.1 Å². The maximum absolute atomic E-state index is 13.8. The van der Waals surface area contributed by atoms with Crippen LogP contribution in [0.15, 0.2) is 36.4 Å². The van der Waals surface area contributed by atoms with E-state index in [-0.39, 0.29) is 12.2 Å². The van der Waals surface area contributed by atoms with Gasteiger partial charge in [0.15, 0.2) is 0 Å². The van der Waals surface area contributed by atoms with Crippen LogP contribution >= 0.6 is 11.6 Å². The summed E-state index contributed by atoms with van der Waals surface area (Å²) in [6.45, 7) is 0. The van der Waals surface area contributed by atoms with E-state index in [9.17, 15) is 9.50 Å². The molecule has 0 heterocycles. The average Bonchev–Trinajstić information content (AvgIpc) is 2.71. The Labute approximate surface area is 122 Å². The summed E-state index contributed by atoms with van der Waals surface area (Å²) in [7, 11) is 0. The Kier molecular flexibility index (Phi) is 3.19. The highest BCUT2D eigenvalue weighted by molar-refractivity contribution is 6.30. The molecule has 0 aromatic heterocycles. The fourth-order valence-electron chi connectivity index (χ4n) is 2.93. The minimum absolute atomic E-state index is 0.219. The van der Waals surface area contributed by atoms with Crippen LogP contribution < -0.4 is 5.73 Å². The number of nitrogens with two attached hydrogens (primary N) is 1. The first-order valence-corrected chi connectivity index (χ1v) is 6.91. The Bertz CT molecular complexity index is 674. The number of aryl methyl sites for hydroxylation is 1. The molecule has 1 unspecified atom stereocenters. The highest BCUT2D eigenvalue weighted by Crippen LogP contribution is 2.40. The van der Waals surface area contributed by atoms with E-state index in [1.54, 1.807) is 12.1 Å². The predicted molar refractivity (Wildman–Crippen MR) is 78.2 cm³/mol. The molecule has 3 N–H and O–H groups in total. The van der Waals surface area contributed by atoms with Gasteiger partial charge in [0.2, 0.25) is 0 Å². The fraction of sp³-hybridized carbons (Fsp3) is 0.250. The summed E-state index contributed by atoms with van der Waals surface area (Å²) in [6.07, 6.45) is 1.53.